The zero-order chi connectivity index (χ0) is 13.9. The summed E-state index contributed by atoms with van der Waals surface area (Å²) in [6.07, 6.45) is 2.84. The molecule has 1 saturated heterocycles. The van der Waals surface area contributed by atoms with Crippen molar-refractivity contribution in [1.29, 1.82) is 0 Å². The number of rotatable bonds is 3. The first kappa shape index (κ1) is 13.7. The topological polar surface area (TPSA) is 39.7 Å². The van der Waals surface area contributed by atoms with Gasteiger partial charge in [-0.2, -0.15) is 0 Å². The maximum atomic E-state index is 5.77. The Kier molecular flexibility index (Phi) is 4.13. The minimum atomic E-state index is 0.344. The molecule has 1 N–H and O–H groups in total. The molecular weight excluding hydrogens is 254 g/mol. The first-order chi connectivity index (χ1) is 9.70. The van der Waals surface area contributed by atoms with Gasteiger partial charge in [-0.05, 0) is 44.4 Å². The summed E-state index contributed by atoms with van der Waals surface area (Å²) in [6, 6.07) is 6.71. The van der Waals surface area contributed by atoms with E-state index < -0.39 is 0 Å². The van der Waals surface area contributed by atoms with Crippen LogP contribution in [0, 0.1) is 0 Å². The third-order valence-electron chi connectivity index (χ3n) is 3.90. The highest BCUT2D eigenvalue weighted by Crippen LogP contribution is 2.30. The maximum absolute atomic E-state index is 5.77. The minimum absolute atomic E-state index is 0.344. The molecule has 4 nitrogen and oxygen atoms in total. The van der Waals surface area contributed by atoms with Gasteiger partial charge in [0.25, 0.3) is 0 Å². The Balaban J connectivity index is 1.58. The van der Waals surface area contributed by atoms with Crippen LogP contribution in [0.1, 0.15) is 32.3 Å². The van der Waals surface area contributed by atoms with E-state index >= 15 is 0 Å². The molecule has 0 radical (unpaired) electrons. The van der Waals surface area contributed by atoms with Crippen LogP contribution in [-0.2, 0) is 11.3 Å². The summed E-state index contributed by atoms with van der Waals surface area (Å²) >= 11 is 0. The Bertz CT molecular complexity index is 453. The number of benzene rings is 1. The van der Waals surface area contributed by atoms with Crippen LogP contribution in [0.4, 0.5) is 0 Å². The average molecular weight is 277 g/mol. The zero-order valence-electron chi connectivity index (χ0n) is 12.2. The Labute approximate surface area is 120 Å². The fourth-order valence-electron chi connectivity index (χ4n) is 3.03. The number of fused-ring (bicyclic) bond motifs is 1. The van der Waals surface area contributed by atoms with Crippen LogP contribution < -0.4 is 14.8 Å². The summed E-state index contributed by atoms with van der Waals surface area (Å²) in [5.74, 6) is 1.72. The number of hydrogen-bond donors (Lipinski definition) is 1. The predicted octanol–water partition coefficient (Wildman–Crippen LogP) is 2.50. The highest BCUT2D eigenvalue weighted by atomic mass is 16.6. The van der Waals surface area contributed by atoms with Gasteiger partial charge in [0.15, 0.2) is 11.5 Å². The van der Waals surface area contributed by atoms with Gasteiger partial charge in [0.2, 0.25) is 0 Å². The van der Waals surface area contributed by atoms with Gasteiger partial charge < -0.3 is 19.5 Å². The SMILES string of the molecule is CC1CC(NCc2ccc3c(c2)OCCO3)CC(C)O1. The van der Waals surface area contributed by atoms with E-state index in [0.717, 1.165) is 30.9 Å². The van der Waals surface area contributed by atoms with Gasteiger partial charge >= 0.3 is 0 Å². The van der Waals surface area contributed by atoms with E-state index in [2.05, 4.69) is 31.3 Å². The van der Waals surface area contributed by atoms with E-state index in [9.17, 15) is 0 Å². The third-order valence-corrected chi connectivity index (χ3v) is 3.90. The van der Waals surface area contributed by atoms with Crippen LogP contribution in [0.15, 0.2) is 18.2 Å². The Morgan fingerprint density at radius 3 is 2.50 bits per heavy atom. The van der Waals surface area contributed by atoms with Crippen LogP contribution in [-0.4, -0.2) is 31.5 Å². The van der Waals surface area contributed by atoms with Gasteiger partial charge in [0.05, 0.1) is 12.2 Å². The molecule has 0 spiro atoms. The monoisotopic (exact) mass is 277 g/mol. The minimum Gasteiger partial charge on any atom is -0.486 e. The van der Waals surface area contributed by atoms with Crippen LogP contribution in [0.25, 0.3) is 0 Å². The van der Waals surface area contributed by atoms with Gasteiger partial charge in [-0.15, -0.1) is 0 Å². The molecule has 2 aliphatic heterocycles. The van der Waals surface area contributed by atoms with Crippen molar-refractivity contribution in [2.75, 3.05) is 13.2 Å². The quantitative estimate of drug-likeness (QED) is 0.921. The molecule has 4 heteroatoms. The molecule has 3 rings (SSSR count). The average Bonchev–Trinajstić information content (AvgIpc) is 2.44. The molecule has 0 aliphatic carbocycles. The molecule has 2 unspecified atom stereocenters. The molecule has 2 heterocycles. The van der Waals surface area contributed by atoms with Crippen molar-refractivity contribution in [3.8, 4) is 11.5 Å². The molecule has 110 valence electrons. The molecular formula is C16H23NO3. The summed E-state index contributed by atoms with van der Waals surface area (Å²) in [5, 5.41) is 3.63. The third kappa shape index (κ3) is 3.25. The van der Waals surface area contributed by atoms with E-state index in [0.29, 0.717) is 31.5 Å². The predicted molar refractivity (Wildman–Crippen MR) is 77.3 cm³/mol. The van der Waals surface area contributed by atoms with E-state index in [1.165, 1.54) is 5.56 Å². The lowest BCUT2D eigenvalue weighted by atomic mass is 9.99. The second-order valence-corrected chi connectivity index (χ2v) is 5.78. The Morgan fingerprint density at radius 1 is 1.05 bits per heavy atom. The molecule has 1 aromatic rings. The molecule has 0 saturated carbocycles. The lowest BCUT2D eigenvalue weighted by Crippen LogP contribution is -2.40. The molecule has 0 aromatic heterocycles. The van der Waals surface area contributed by atoms with Gasteiger partial charge in [0, 0.05) is 12.6 Å². The van der Waals surface area contributed by atoms with E-state index in [1.54, 1.807) is 0 Å². The van der Waals surface area contributed by atoms with Gasteiger partial charge in [-0.1, -0.05) is 6.07 Å². The highest BCUT2D eigenvalue weighted by Gasteiger charge is 2.23. The van der Waals surface area contributed by atoms with Gasteiger partial charge in [-0.3, -0.25) is 0 Å². The molecule has 0 amide bonds. The van der Waals surface area contributed by atoms with Gasteiger partial charge in [-0.25, -0.2) is 0 Å². The van der Waals surface area contributed by atoms with Gasteiger partial charge in [0.1, 0.15) is 13.2 Å². The van der Waals surface area contributed by atoms with E-state index in [4.69, 9.17) is 14.2 Å². The highest BCUT2D eigenvalue weighted by molar-refractivity contribution is 5.43. The molecule has 0 bridgehead atoms. The summed E-state index contributed by atoms with van der Waals surface area (Å²) in [4.78, 5) is 0. The van der Waals surface area contributed by atoms with Crippen LogP contribution in [0.2, 0.25) is 0 Å². The van der Waals surface area contributed by atoms with Crippen molar-refractivity contribution in [3.63, 3.8) is 0 Å². The zero-order valence-corrected chi connectivity index (χ0v) is 12.2. The van der Waals surface area contributed by atoms with Crippen molar-refractivity contribution in [2.24, 2.45) is 0 Å². The van der Waals surface area contributed by atoms with Crippen molar-refractivity contribution in [1.82, 2.24) is 5.32 Å². The van der Waals surface area contributed by atoms with Crippen molar-refractivity contribution >= 4 is 0 Å². The maximum Gasteiger partial charge on any atom is 0.161 e. The van der Waals surface area contributed by atoms with E-state index in [-0.39, 0.29) is 0 Å². The standard InChI is InChI=1S/C16H23NO3/c1-11-7-14(8-12(2)20-11)17-10-13-3-4-15-16(9-13)19-6-5-18-15/h3-4,9,11-12,14,17H,5-8,10H2,1-2H3. The summed E-state index contributed by atoms with van der Waals surface area (Å²) < 4.78 is 16.9. The van der Waals surface area contributed by atoms with E-state index in [1.807, 2.05) is 6.07 Å². The fourth-order valence-corrected chi connectivity index (χ4v) is 3.03. The number of nitrogens with one attached hydrogen (secondary N) is 1. The lowest BCUT2D eigenvalue weighted by molar-refractivity contribution is -0.0422. The molecule has 1 aromatic carbocycles. The normalized spacial score (nSPS) is 29.2. The van der Waals surface area contributed by atoms with Crippen LogP contribution >= 0.6 is 0 Å². The van der Waals surface area contributed by atoms with Crippen molar-refractivity contribution in [2.45, 2.75) is 51.5 Å². The summed E-state index contributed by atoms with van der Waals surface area (Å²) in [5.41, 5.74) is 1.24. The summed E-state index contributed by atoms with van der Waals surface area (Å²) in [7, 11) is 0. The second-order valence-electron chi connectivity index (χ2n) is 5.78. The molecule has 20 heavy (non-hydrogen) atoms. The second kappa shape index (κ2) is 6.02. The molecule has 2 atom stereocenters. The van der Waals surface area contributed by atoms with Crippen LogP contribution in [0.3, 0.4) is 0 Å². The molecule has 2 aliphatic rings. The van der Waals surface area contributed by atoms with Crippen LogP contribution in [0.5, 0.6) is 11.5 Å². The number of ether oxygens (including phenoxy) is 3. The summed E-state index contributed by atoms with van der Waals surface area (Å²) in [6.45, 7) is 6.44. The molecule has 1 fully saturated rings. The fraction of sp³-hybridized carbons (Fsp3) is 0.625. The smallest absolute Gasteiger partial charge is 0.161 e. The lowest BCUT2D eigenvalue weighted by Gasteiger charge is -2.32. The first-order valence-electron chi connectivity index (χ1n) is 7.48. The number of hydrogen-bond acceptors (Lipinski definition) is 4. The van der Waals surface area contributed by atoms with Crippen molar-refractivity contribution < 1.29 is 14.2 Å². The Hall–Kier alpha value is -1.26. The largest absolute Gasteiger partial charge is 0.486 e. The Morgan fingerprint density at radius 2 is 1.75 bits per heavy atom. The van der Waals surface area contributed by atoms with Crippen molar-refractivity contribution in [3.05, 3.63) is 23.8 Å². The first-order valence-corrected chi connectivity index (χ1v) is 7.48.